The van der Waals surface area contributed by atoms with Crippen molar-refractivity contribution >= 4 is 44.1 Å². The number of nitrogens with zero attached hydrogens (tertiary/aromatic N) is 2. The molecule has 0 amide bonds. The summed E-state index contributed by atoms with van der Waals surface area (Å²) in [6.07, 6.45) is 0. The van der Waals surface area contributed by atoms with Crippen LogP contribution in [0.3, 0.4) is 0 Å². The molecule has 0 spiro atoms. The molecule has 1 aliphatic rings. The van der Waals surface area contributed by atoms with Gasteiger partial charge in [-0.25, -0.2) is 9.37 Å². The van der Waals surface area contributed by atoms with E-state index in [4.69, 9.17) is 4.74 Å². The van der Waals surface area contributed by atoms with E-state index in [2.05, 4.69) is 9.98 Å². The Balaban J connectivity index is 2.02. The van der Waals surface area contributed by atoms with Crippen molar-refractivity contribution in [2.75, 3.05) is 12.9 Å². The number of carbonyl (C=O) groups excluding carboxylic acids is 1. The molecule has 1 aromatic heterocycles. The number of halogens is 1. The van der Waals surface area contributed by atoms with Crippen LogP contribution >= 0.6 is 23.1 Å². The molecule has 1 aromatic carbocycles. The minimum absolute atomic E-state index is 0.0568. The highest BCUT2D eigenvalue weighted by molar-refractivity contribution is 8.15. The number of aromatic nitrogens is 1. The minimum atomic E-state index is -0.431. The van der Waals surface area contributed by atoms with Gasteiger partial charge in [-0.05, 0) is 6.92 Å². The van der Waals surface area contributed by atoms with Gasteiger partial charge in [-0.3, -0.25) is 9.79 Å². The molecule has 2 aromatic rings. The second-order valence-corrected chi connectivity index (χ2v) is 6.38. The van der Waals surface area contributed by atoms with Gasteiger partial charge in [0.15, 0.2) is 17.3 Å². The van der Waals surface area contributed by atoms with Crippen molar-refractivity contribution in [2.45, 2.75) is 13.0 Å². The SMILES string of the molecule is COc1cc2sc(C3=NC(C(C)=O)CS3)nc2cc1F. The molecule has 2 heterocycles. The zero-order chi connectivity index (χ0) is 14.3. The van der Waals surface area contributed by atoms with E-state index in [0.717, 1.165) is 14.8 Å². The zero-order valence-electron chi connectivity index (χ0n) is 10.8. The van der Waals surface area contributed by atoms with Gasteiger partial charge in [0.25, 0.3) is 0 Å². The second-order valence-electron chi connectivity index (χ2n) is 4.35. The molecule has 20 heavy (non-hydrogen) atoms. The normalized spacial score (nSPS) is 18.4. The number of ketones is 1. The first kappa shape index (κ1) is 13.5. The Morgan fingerprint density at radius 2 is 2.30 bits per heavy atom. The van der Waals surface area contributed by atoms with E-state index in [0.29, 0.717) is 11.3 Å². The molecule has 7 heteroatoms. The average Bonchev–Trinajstić information content (AvgIpc) is 3.03. The Labute approximate surface area is 123 Å². The summed E-state index contributed by atoms with van der Waals surface area (Å²) in [6.45, 7) is 1.54. The van der Waals surface area contributed by atoms with Crippen molar-refractivity contribution in [2.24, 2.45) is 4.99 Å². The Kier molecular flexibility index (Phi) is 3.47. The first-order valence-corrected chi connectivity index (χ1v) is 7.74. The van der Waals surface area contributed by atoms with Crippen molar-refractivity contribution in [3.63, 3.8) is 0 Å². The third-order valence-corrected chi connectivity index (χ3v) is 5.17. The smallest absolute Gasteiger partial charge is 0.167 e. The van der Waals surface area contributed by atoms with Crippen LogP contribution in [0.2, 0.25) is 0 Å². The minimum Gasteiger partial charge on any atom is -0.494 e. The maximum absolute atomic E-state index is 13.6. The van der Waals surface area contributed by atoms with Crippen LogP contribution in [0, 0.1) is 5.82 Å². The van der Waals surface area contributed by atoms with E-state index < -0.39 is 5.82 Å². The molecule has 0 aliphatic carbocycles. The Morgan fingerprint density at radius 1 is 1.50 bits per heavy atom. The maximum Gasteiger partial charge on any atom is 0.167 e. The summed E-state index contributed by atoms with van der Waals surface area (Å²) >= 11 is 2.94. The highest BCUT2D eigenvalue weighted by atomic mass is 32.2. The molecule has 1 atom stereocenters. The average molecular weight is 310 g/mol. The first-order chi connectivity index (χ1) is 9.58. The molecule has 4 nitrogen and oxygen atoms in total. The summed E-state index contributed by atoms with van der Waals surface area (Å²) in [6, 6.07) is 2.71. The number of fused-ring (bicyclic) bond motifs is 1. The fourth-order valence-electron chi connectivity index (χ4n) is 1.88. The number of thiazole rings is 1. The van der Waals surface area contributed by atoms with Gasteiger partial charge in [-0.1, -0.05) is 0 Å². The standard InChI is InChI=1S/C13H11FN2O2S2/c1-6(17)9-5-19-12(16-9)13-15-8-3-7(14)10(18-2)4-11(8)20-13/h3-4,9H,5H2,1-2H3. The Morgan fingerprint density at radius 3 is 2.95 bits per heavy atom. The van der Waals surface area contributed by atoms with Crippen molar-refractivity contribution < 1.29 is 13.9 Å². The van der Waals surface area contributed by atoms with Gasteiger partial charge in [0, 0.05) is 17.9 Å². The molecule has 0 N–H and O–H groups in total. The van der Waals surface area contributed by atoms with E-state index in [1.54, 1.807) is 6.07 Å². The fourth-order valence-corrected chi connectivity index (χ4v) is 4.04. The number of hydrogen-bond acceptors (Lipinski definition) is 6. The number of ether oxygens (including phenoxy) is 1. The van der Waals surface area contributed by atoms with Crippen LogP contribution in [0.1, 0.15) is 11.9 Å². The molecule has 0 radical (unpaired) electrons. The van der Waals surface area contributed by atoms with Crippen LogP contribution in [0.15, 0.2) is 17.1 Å². The number of carbonyl (C=O) groups is 1. The van der Waals surface area contributed by atoms with Crippen LogP contribution < -0.4 is 4.74 Å². The van der Waals surface area contributed by atoms with Crippen LogP contribution in [0.5, 0.6) is 5.75 Å². The predicted octanol–water partition coefficient (Wildman–Crippen LogP) is 2.90. The lowest BCUT2D eigenvalue weighted by Crippen LogP contribution is -2.14. The van der Waals surface area contributed by atoms with Gasteiger partial charge < -0.3 is 4.74 Å². The third kappa shape index (κ3) is 2.31. The van der Waals surface area contributed by atoms with E-state index in [1.165, 1.54) is 43.2 Å². The van der Waals surface area contributed by atoms with Crippen LogP contribution in [-0.4, -0.2) is 34.7 Å². The number of Topliss-reactive ketones (excluding diaryl/α,β-unsaturated/α-hetero) is 1. The van der Waals surface area contributed by atoms with Crippen LogP contribution in [0.25, 0.3) is 10.2 Å². The molecule has 1 aliphatic heterocycles. The lowest BCUT2D eigenvalue weighted by Gasteiger charge is -1.99. The summed E-state index contributed by atoms with van der Waals surface area (Å²) in [5, 5.41) is 1.48. The highest BCUT2D eigenvalue weighted by Gasteiger charge is 2.25. The summed E-state index contributed by atoms with van der Waals surface area (Å²) in [5.41, 5.74) is 0.581. The molecule has 0 saturated heterocycles. The van der Waals surface area contributed by atoms with Gasteiger partial charge in [0.2, 0.25) is 0 Å². The third-order valence-electron chi connectivity index (χ3n) is 2.97. The Bertz CT molecular complexity index is 726. The van der Waals surface area contributed by atoms with Gasteiger partial charge in [-0.2, -0.15) is 0 Å². The summed E-state index contributed by atoms with van der Waals surface area (Å²) in [4.78, 5) is 20.1. The van der Waals surface area contributed by atoms with Gasteiger partial charge >= 0.3 is 0 Å². The first-order valence-electron chi connectivity index (χ1n) is 5.94. The topological polar surface area (TPSA) is 51.5 Å². The van der Waals surface area contributed by atoms with Gasteiger partial charge in [0.05, 0.1) is 17.3 Å². The van der Waals surface area contributed by atoms with Crippen molar-refractivity contribution in [1.29, 1.82) is 0 Å². The predicted molar refractivity (Wildman–Crippen MR) is 79.6 cm³/mol. The van der Waals surface area contributed by atoms with E-state index in [1.807, 2.05) is 0 Å². The number of thioether (sulfide) groups is 1. The number of rotatable bonds is 3. The Hall–Kier alpha value is -1.47. The number of benzene rings is 1. The zero-order valence-corrected chi connectivity index (χ0v) is 12.5. The molecule has 0 bridgehead atoms. The van der Waals surface area contributed by atoms with Gasteiger partial charge in [-0.15, -0.1) is 23.1 Å². The van der Waals surface area contributed by atoms with Crippen LogP contribution in [0.4, 0.5) is 4.39 Å². The van der Waals surface area contributed by atoms with E-state index in [9.17, 15) is 9.18 Å². The molecule has 0 fully saturated rings. The van der Waals surface area contributed by atoms with Crippen molar-refractivity contribution in [3.05, 3.63) is 23.0 Å². The summed E-state index contributed by atoms with van der Waals surface area (Å²) < 4.78 is 19.4. The number of hydrogen-bond donors (Lipinski definition) is 0. The largest absolute Gasteiger partial charge is 0.494 e. The van der Waals surface area contributed by atoms with Crippen LogP contribution in [-0.2, 0) is 4.79 Å². The number of aliphatic imine (C=N–C) groups is 1. The van der Waals surface area contributed by atoms with E-state index >= 15 is 0 Å². The van der Waals surface area contributed by atoms with Gasteiger partial charge in [0.1, 0.15) is 16.1 Å². The number of methoxy groups -OCH3 is 1. The summed E-state index contributed by atoms with van der Waals surface area (Å²) in [7, 11) is 1.43. The molecular weight excluding hydrogens is 299 g/mol. The maximum atomic E-state index is 13.6. The lowest BCUT2D eigenvalue weighted by molar-refractivity contribution is -0.117. The molecule has 3 rings (SSSR count). The molecular formula is C13H11FN2O2S2. The monoisotopic (exact) mass is 310 g/mol. The van der Waals surface area contributed by atoms with E-state index in [-0.39, 0.29) is 17.6 Å². The lowest BCUT2D eigenvalue weighted by atomic mass is 10.2. The summed E-state index contributed by atoms with van der Waals surface area (Å²) in [5.74, 6) is 0.481. The molecule has 104 valence electrons. The van der Waals surface area contributed by atoms with Crippen molar-refractivity contribution in [1.82, 2.24) is 4.98 Å². The molecule has 1 unspecified atom stereocenters. The quantitative estimate of drug-likeness (QED) is 0.874. The van der Waals surface area contributed by atoms with Crippen molar-refractivity contribution in [3.8, 4) is 5.75 Å². The fraction of sp³-hybridized carbons (Fsp3) is 0.308. The highest BCUT2D eigenvalue weighted by Crippen LogP contribution is 2.32. The molecule has 0 saturated carbocycles. The second kappa shape index (κ2) is 5.14.